The Kier molecular flexibility index (Phi) is 4.69. The second-order valence-corrected chi connectivity index (χ2v) is 5.87. The van der Waals surface area contributed by atoms with Gasteiger partial charge >= 0.3 is 0 Å². The molecule has 1 heterocycles. The van der Waals surface area contributed by atoms with Gasteiger partial charge in [-0.15, -0.1) is 0 Å². The maximum Gasteiger partial charge on any atom is 0.170 e. The van der Waals surface area contributed by atoms with Crippen molar-refractivity contribution in [3.05, 3.63) is 28.2 Å². The molecule has 1 aliphatic heterocycles. The zero-order valence-corrected chi connectivity index (χ0v) is 12.7. The number of nitrogens with zero attached hydrogens (tertiary/aromatic N) is 2. The summed E-state index contributed by atoms with van der Waals surface area (Å²) in [6, 6.07) is 5.83. The molecule has 1 aromatic rings. The molecule has 0 radical (unpaired) electrons. The van der Waals surface area contributed by atoms with Gasteiger partial charge in [0.1, 0.15) is 0 Å². The van der Waals surface area contributed by atoms with Gasteiger partial charge in [0, 0.05) is 23.1 Å². The van der Waals surface area contributed by atoms with Crippen molar-refractivity contribution < 1.29 is 5.21 Å². The summed E-state index contributed by atoms with van der Waals surface area (Å²) < 4.78 is 0.994. The van der Waals surface area contributed by atoms with Gasteiger partial charge in [-0.2, -0.15) is 0 Å². The summed E-state index contributed by atoms with van der Waals surface area (Å²) in [5, 5.41) is 11.7. The third kappa shape index (κ3) is 3.21. The van der Waals surface area contributed by atoms with Crippen LogP contribution in [0.1, 0.15) is 31.7 Å². The lowest BCUT2D eigenvalue weighted by Crippen LogP contribution is -2.35. The monoisotopic (exact) mass is 325 g/mol. The first-order chi connectivity index (χ1) is 9.15. The number of hydrogen-bond donors (Lipinski definition) is 2. The van der Waals surface area contributed by atoms with Gasteiger partial charge in [-0.1, -0.05) is 18.5 Å². The van der Waals surface area contributed by atoms with Gasteiger partial charge in [0.2, 0.25) is 0 Å². The molecule has 3 N–H and O–H groups in total. The van der Waals surface area contributed by atoms with Gasteiger partial charge in [0.15, 0.2) is 5.84 Å². The van der Waals surface area contributed by atoms with Crippen molar-refractivity contribution in [3.63, 3.8) is 0 Å². The fraction of sp³-hybridized carbons (Fsp3) is 0.500. The van der Waals surface area contributed by atoms with E-state index in [0.717, 1.165) is 29.0 Å². The highest BCUT2D eigenvalue weighted by Crippen LogP contribution is 2.31. The Hall–Kier alpha value is -1.23. The van der Waals surface area contributed by atoms with Gasteiger partial charge in [0.25, 0.3) is 0 Å². The van der Waals surface area contributed by atoms with E-state index in [4.69, 9.17) is 10.9 Å². The standard InChI is InChI=1S/C14H20BrN3O/c1-2-10-4-3-7-18(9-10)13-6-5-11(8-12(13)15)14(16)17-19/h5-6,8,10,19H,2-4,7,9H2,1H3,(H2,16,17). The summed E-state index contributed by atoms with van der Waals surface area (Å²) in [7, 11) is 0. The first kappa shape index (κ1) is 14.2. The average molecular weight is 326 g/mol. The SMILES string of the molecule is CCC1CCCN(c2ccc(/C(N)=N/O)cc2Br)C1. The first-order valence-corrected chi connectivity index (χ1v) is 7.47. The van der Waals surface area contributed by atoms with Crippen molar-refractivity contribution in [3.8, 4) is 0 Å². The molecule has 1 atom stereocenters. The molecular formula is C14H20BrN3O. The number of hydrogen-bond acceptors (Lipinski definition) is 3. The van der Waals surface area contributed by atoms with Crippen LogP contribution in [-0.4, -0.2) is 24.1 Å². The van der Waals surface area contributed by atoms with Crippen LogP contribution in [0, 0.1) is 5.92 Å². The van der Waals surface area contributed by atoms with Crippen molar-refractivity contribution in [1.82, 2.24) is 0 Å². The van der Waals surface area contributed by atoms with Crippen molar-refractivity contribution >= 4 is 27.5 Å². The molecule has 1 unspecified atom stereocenters. The maximum atomic E-state index is 8.70. The molecular weight excluding hydrogens is 306 g/mol. The van der Waals surface area contributed by atoms with E-state index in [1.54, 1.807) is 0 Å². The van der Waals surface area contributed by atoms with E-state index in [1.165, 1.54) is 24.9 Å². The van der Waals surface area contributed by atoms with Crippen LogP contribution in [-0.2, 0) is 0 Å². The summed E-state index contributed by atoms with van der Waals surface area (Å²) in [5.41, 5.74) is 7.51. The third-order valence-corrected chi connectivity index (χ3v) is 4.42. The predicted octanol–water partition coefficient (Wildman–Crippen LogP) is 3.17. The maximum absolute atomic E-state index is 8.70. The highest BCUT2D eigenvalue weighted by atomic mass is 79.9. The Morgan fingerprint density at radius 2 is 2.37 bits per heavy atom. The molecule has 1 fully saturated rings. The van der Waals surface area contributed by atoms with E-state index in [2.05, 4.69) is 32.9 Å². The van der Waals surface area contributed by atoms with Crippen LogP contribution in [0.5, 0.6) is 0 Å². The zero-order valence-electron chi connectivity index (χ0n) is 11.1. The van der Waals surface area contributed by atoms with Gasteiger partial charge < -0.3 is 15.8 Å². The molecule has 1 aromatic carbocycles. The quantitative estimate of drug-likeness (QED) is 0.388. The van der Waals surface area contributed by atoms with E-state index in [9.17, 15) is 0 Å². The van der Waals surface area contributed by atoms with Crippen LogP contribution < -0.4 is 10.6 Å². The second kappa shape index (κ2) is 6.28. The van der Waals surface area contributed by atoms with E-state index >= 15 is 0 Å². The van der Waals surface area contributed by atoms with E-state index < -0.39 is 0 Å². The Balaban J connectivity index is 2.21. The number of nitrogens with two attached hydrogens (primary N) is 1. The number of halogens is 1. The van der Waals surface area contributed by atoms with Gasteiger partial charge in [-0.25, -0.2) is 0 Å². The largest absolute Gasteiger partial charge is 0.409 e. The number of rotatable bonds is 3. The van der Waals surface area contributed by atoms with Crippen molar-refractivity contribution in [2.45, 2.75) is 26.2 Å². The van der Waals surface area contributed by atoms with E-state index in [-0.39, 0.29) is 5.84 Å². The smallest absolute Gasteiger partial charge is 0.170 e. The van der Waals surface area contributed by atoms with Crippen LogP contribution in [0.4, 0.5) is 5.69 Å². The zero-order chi connectivity index (χ0) is 13.8. The minimum atomic E-state index is 0.136. The molecule has 19 heavy (non-hydrogen) atoms. The highest BCUT2D eigenvalue weighted by Gasteiger charge is 2.20. The Labute approximate surface area is 122 Å². The molecule has 0 spiro atoms. The molecule has 0 bridgehead atoms. The summed E-state index contributed by atoms with van der Waals surface area (Å²) in [5.74, 6) is 0.918. The minimum absolute atomic E-state index is 0.136. The summed E-state index contributed by atoms with van der Waals surface area (Å²) in [6.45, 7) is 4.46. The average Bonchev–Trinajstić information content (AvgIpc) is 2.46. The molecule has 1 saturated heterocycles. The van der Waals surface area contributed by atoms with E-state index in [0.29, 0.717) is 0 Å². The number of piperidine rings is 1. The van der Waals surface area contributed by atoms with Crippen LogP contribution >= 0.6 is 15.9 Å². The number of benzene rings is 1. The van der Waals surface area contributed by atoms with Crippen molar-refractivity contribution in [2.24, 2.45) is 16.8 Å². The van der Waals surface area contributed by atoms with Crippen molar-refractivity contribution in [1.29, 1.82) is 0 Å². The Bertz CT molecular complexity index is 476. The highest BCUT2D eigenvalue weighted by molar-refractivity contribution is 9.10. The lowest BCUT2D eigenvalue weighted by Gasteiger charge is -2.34. The fourth-order valence-corrected chi connectivity index (χ4v) is 3.23. The lowest BCUT2D eigenvalue weighted by atomic mass is 9.95. The van der Waals surface area contributed by atoms with Gasteiger partial charge in [-0.3, -0.25) is 0 Å². The fourth-order valence-electron chi connectivity index (χ4n) is 2.60. The summed E-state index contributed by atoms with van der Waals surface area (Å²) in [4.78, 5) is 2.41. The second-order valence-electron chi connectivity index (χ2n) is 5.01. The van der Waals surface area contributed by atoms with Crippen LogP contribution in [0.25, 0.3) is 0 Å². The molecule has 0 aliphatic carbocycles. The number of oxime groups is 1. The summed E-state index contributed by atoms with van der Waals surface area (Å²) >= 11 is 3.59. The topological polar surface area (TPSA) is 61.8 Å². The lowest BCUT2D eigenvalue weighted by molar-refractivity contribution is 0.318. The van der Waals surface area contributed by atoms with Crippen LogP contribution in [0.15, 0.2) is 27.8 Å². The molecule has 2 rings (SSSR count). The van der Waals surface area contributed by atoms with E-state index in [1.807, 2.05) is 18.2 Å². The normalized spacial score (nSPS) is 20.6. The van der Waals surface area contributed by atoms with Gasteiger partial charge in [0.05, 0.1) is 5.69 Å². The molecule has 0 amide bonds. The summed E-state index contributed by atoms with van der Waals surface area (Å²) in [6.07, 6.45) is 3.80. The predicted molar refractivity (Wildman–Crippen MR) is 81.9 cm³/mol. The Morgan fingerprint density at radius 1 is 1.58 bits per heavy atom. The van der Waals surface area contributed by atoms with Crippen LogP contribution in [0.2, 0.25) is 0 Å². The van der Waals surface area contributed by atoms with Gasteiger partial charge in [-0.05, 0) is 52.9 Å². The molecule has 4 nitrogen and oxygen atoms in total. The molecule has 5 heteroatoms. The molecule has 0 aromatic heterocycles. The number of anilines is 1. The third-order valence-electron chi connectivity index (χ3n) is 3.79. The van der Waals surface area contributed by atoms with Crippen molar-refractivity contribution in [2.75, 3.05) is 18.0 Å². The van der Waals surface area contributed by atoms with Crippen LogP contribution in [0.3, 0.4) is 0 Å². The first-order valence-electron chi connectivity index (χ1n) is 6.68. The Morgan fingerprint density at radius 3 is 3.00 bits per heavy atom. The molecule has 104 valence electrons. The minimum Gasteiger partial charge on any atom is -0.409 e. The number of amidine groups is 1. The molecule has 0 saturated carbocycles. The molecule has 1 aliphatic rings.